The topological polar surface area (TPSA) is 77.5 Å². The second-order valence-electron chi connectivity index (χ2n) is 5.96. The van der Waals surface area contributed by atoms with Crippen molar-refractivity contribution in [2.24, 2.45) is 5.84 Å². The molecule has 2 aliphatic rings. The number of fused-ring (bicyclic) bond motifs is 2. The van der Waals surface area contributed by atoms with Crippen molar-refractivity contribution in [1.82, 2.24) is 14.6 Å². The van der Waals surface area contributed by atoms with Gasteiger partial charge >= 0.3 is 0 Å². The van der Waals surface area contributed by atoms with Crippen LogP contribution in [0.1, 0.15) is 48.6 Å². The Hall–Kier alpha value is -1.66. The quantitative estimate of drug-likeness (QED) is 0.650. The van der Waals surface area contributed by atoms with Crippen LogP contribution in [0.15, 0.2) is 6.07 Å². The Labute approximate surface area is 123 Å². The Bertz CT molecular complexity index is 660. The van der Waals surface area contributed by atoms with Crippen molar-refractivity contribution in [2.75, 3.05) is 18.6 Å². The normalized spacial score (nSPS) is 19.7. The van der Waals surface area contributed by atoms with E-state index in [1.165, 1.54) is 24.1 Å². The highest BCUT2D eigenvalue weighted by Crippen LogP contribution is 2.30. The molecule has 3 heterocycles. The molecule has 0 radical (unpaired) electrons. The molecule has 1 fully saturated rings. The van der Waals surface area contributed by atoms with Crippen LogP contribution in [0.3, 0.4) is 0 Å². The van der Waals surface area contributed by atoms with Gasteiger partial charge in [-0.05, 0) is 38.5 Å². The lowest BCUT2D eigenvalue weighted by Crippen LogP contribution is -2.19. The molecule has 3 N–H and O–H groups in total. The highest BCUT2D eigenvalue weighted by atomic mass is 16.5. The number of hydrogen-bond donors (Lipinski definition) is 2. The zero-order chi connectivity index (χ0) is 14.2. The number of nitrogens with one attached hydrogen (secondary N) is 1. The van der Waals surface area contributed by atoms with Crippen LogP contribution in [0.5, 0.6) is 0 Å². The fourth-order valence-corrected chi connectivity index (χ4v) is 3.51. The van der Waals surface area contributed by atoms with Gasteiger partial charge < -0.3 is 10.2 Å². The minimum Gasteiger partial charge on any atom is -0.381 e. The molecule has 112 valence electrons. The van der Waals surface area contributed by atoms with Crippen LogP contribution in [-0.4, -0.2) is 27.8 Å². The molecule has 6 heteroatoms. The summed E-state index contributed by atoms with van der Waals surface area (Å²) in [6.45, 7) is 1.65. The number of nitrogens with zero attached hydrogens (tertiary/aromatic N) is 3. The third-order valence-electron chi connectivity index (χ3n) is 4.67. The molecule has 0 atom stereocenters. The maximum Gasteiger partial charge on any atom is 0.157 e. The van der Waals surface area contributed by atoms with E-state index in [1.807, 2.05) is 4.52 Å². The van der Waals surface area contributed by atoms with Crippen molar-refractivity contribution in [1.29, 1.82) is 0 Å². The summed E-state index contributed by atoms with van der Waals surface area (Å²) >= 11 is 0. The fraction of sp³-hybridized carbons (Fsp3) is 0.600. The Morgan fingerprint density at radius 2 is 2.05 bits per heavy atom. The van der Waals surface area contributed by atoms with Crippen LogP contribution in [-0.2, 0) is 17.6 Å². The van der Waals surface area contributed by atoms with Gasteiger partial charge in [0, 0.05) is 36.5 Å². The second-order valence-corrected chi connectivity index (χ2v) is 5.96. The number of anilines is 1. The van der Waals surface area contributed by atoms with Crippen molar-refractivity contribution in [3.05, 3.63) is 23.0 Å². The van der Waals surface area contributed by atoms with E-state index >= 15 is 0 Å². The zero-order valence-corrected chi connectivity index (χ0v) is 12.1. The first kappa shape index (κ1) is 13.0. The Morgan fingerprint density at radius 1 is 1.24 bits per heavy atom. The smallest absolute Gasteiger partial charge is 0.157 e. The molecule has 1 saturated heterocycles. The molecule has 2 aromatic heterocycles. The summed E-state index contributed by atoms with van der Waals surface area (Å²) in [5.41, 5.74) is 7.29. The van der Waals surface area contributed by atoms with Gasteiger partial charge in [0.2, 0.25) is 0 Å². The minimum atomic E-state index is 0.475. The van der Waals surface area contributed by atoms with Gasteiger partial charge in [-0.15, -0.1) is 0 Å². The predicted octanol–water partition coefficient (Wildman–Crippen LogP) is 1.79. The number of nitrogens with two attached hydrogens (primary N) is 1. The van der Waals surface area contributed by atoms with Crippen LogP contribution in [0.25, 0.3) is 5.65 Å². The average molecular weight is 287 g/mol. The molecule has 1 aliphatic carbocycles. The SMILES string of the molecule is NNc1c2c(nc3cc(C4CCOCC4)nn13)CCCC2. The molecule has 4 rings (SSSR count). The summed E-state index contributed by atoms with van der Waals surface area (Å²) < 4.78 is 7.32. The minimum absolute atomic E-state index is 0.475. The number of ether oxygens (including phenoxy) is 1. The lowest BCUT2D eigenvalue weighted by atomic mass is 9.96. The van der Waals surface area contributed by atoms with Gasteiger partial charge in [-0.1, -0.05) is 0 Å². The zero-order valence-electron chi connectivity index (χ0n) is 12.1. The molecule has 0 saturated carbocycles. The summed E-state index contributed by atoms with van der Waals surface area (Å²) in [6.07, 6.45) is 6.55. The lowest BCUT2D eigenvalue weighted by Gasteiger charge is -2.20. The third-order valence-corrected chi connectivity index (χ3v) is 4.67. The molecule has 1 aliphatic heterocycles. The summed E-state index contributed by atoms with van der Waals surface area (Å²) in [6, 6.07) is 2.12. The highest BCUT2D eigenvalue weighted by Gasteiger charge is 2.23. The van der Waals surface area contributed by atoms with Crippen molar-refractivity contribution in [3.8, 4) is 0 Å². The first-order valence-electron chi connectivity index (χ1n) is 7.82. The van der Waals surface area contributed by atoms with E-state index in [9.17, 15) is 0 Å². The van der Waals surface area contributed by atoms with E-state index in [4.69, 9.17) is 20.7 Å². The number of nitrogen functional groups attached to an aromatic ring is 1. The van der Waals surface area contributed by atoms with Gasteiger partial charge in [-0.3, -0.25) is 0 Å². The molecular weight excluding hydrogens is 266 g/mol. The van der Waals surface area contributed by atoms with E-state index in [0.717, 1.165) is 56.1 Å². The van der Waals surface area contributed by atoms with E-state index in [0.29, 0.717) is 5.92 Å². The number of aromatic nitrogens is 3. The van der Waals surface area contributed by atoms with E-state index in [2.05, 4.69) is 11.5 Å². The maximum atomic E-state index is 5.77. The van der Waals surface area contributed by atoms with Gasteiger partial charge in [0.1, 0.15) is 5.82 Å². The van der Waals surface area contributed by atoms with E-state index in [-0.39, 0.29) is 0 Å². The molecule has 2 aromatic rings. The van der Waals surface area contributed by atoms with Crippen molar-refractivity contribution >= 4 is 11.5 Å². The van der Waals surface area contributed by atoms with Crippen LogP contribution in [0.2, 0.25) is 0 Å². The first-order valence-corrected chi connectivity index (χ1v) is 7.82. The molecular formula is C15H21N5O. The predicted molar refractivity (Wildman–Crippen MR) is 80.2 cm³/mol. The molecule has 0 bridgehead atoms. The van der Waals surface area contributed by atoms with Crippen LogP contribution < -0.4 is 11.3 Å². The van der Waals surface area contributed by atoms with Crippen LogP contribution >= 0.6 is 0 Å². The van der Waals surface area contributed by atoms with E-state index < -0.39 is 0 Å². The first-order chi connectivity index (χ1) is 10.4. The van der Waals surface area contributed by atoms with Crippen molar-refractivity contribution < 1.29 is 4.74 Å². The highest BCUT2D eigenvalue weighted by molar-refractivity contribution is 5.56. The van der Waals surface area contributed by atoms with Crippen molar-refractivity contribution in [3.63, 3.8) is 0 Å². The summed E-state index contributed by atoms with van der Waals surface area (Å²) in [5, 5.41) is 4.77. The maximum absolute atomic E-state index is 5.77. The van der Waals surface area contributed by atoms with Gasteiger partial charge in [0.15, 0.2) is 5.65 Å². The summed E-state index contributed by atoms with van der Waals surface area (Å²) in [5.74, 6) is 7.15. The number of rotatable bonds is 2. The molecule has 0 unspecified atom stereocenters. The average Bonchev–Trinajstić information content (AvgIpc) is 2.97. The van der Waals surface area contributed by atoms with Gasteiger partial charge in [-0.2, -0.15) is 9.61 Å². The molecule has 0 amide bonds. The molecule has 0 aromatic carbocycles. The monoisotopic (exact) mass is 287 g/mol. The molecule has 21 heavy (non-hydrogen) atoms. The van der Waals surface area contributed by atoms with Crippen LogP contribution in [0.4, 0.5) is 5.82 Å². The molecule has 6 nitrogen and oxygen atoms in total. The number of hydrazine groups is 1. The third kappa shape index (κ3) is 2.18. The van der Waals surface area contributed by atoms with E-state index in [1.54, 1.807) is 0 Å². The molecule has 0 spiro atoms. The number of hydrogen-bond acceptors (Lipinski definition) is 5. The standard InChI is InChI=1S/C15H21N5O/c16-18-15-11-3-1-2-4-12(11)17-14-9-13(19-20(14)15)10-5-7-21-8-6-10/h9-10,18H,1-8,16H2. The Balaban J connectivity index is 1.82. The van der Waals surface area contributed by atoms with Gasteiger partial charge in [0.25, 0.3) is 0 Å². The summed E-state index contributed by atoms with van der Waals surface area (Å²) in [4.78, 5) is 4.81. The van der Waals surface area contributed by atoms with Crippen LogP contribution in [0, 0.1) is 0 Å². The van der Waals surface area contributed by atoms with Gasteiger partial charge in [-0.25, -0.2) is 10.8 Å². The fourth-order valence-electron chi connectivity index (χ4n) is 3.51. The summed E-state index contributed by atoms with van der Waals surface area (Å²) in [7, 11) is 0. The lowest BCUT2D eigenvalue weighted by molar-refractivity contribution is 0.0844. The second kappa shape index (κ2) is 5.27. The Kier molecular flexibility index (Phi) is 3.27. The Morgan fingerprint density at radius 3 is 2.86 bits per heavy atom. The largest absolute Gasteiger partial charge is 0.381 e. The number of aryl methyl sites for hydroxylation is 1. The van der Waals surface area contributed by atoms with Crippen molar-refractivity contribution in [2.45, 2.75) is 44.4 Å². The van der Waals surface area contributed by atoms with Gasteiger partial charge in [0.05, 0.1) is 5.69 Å².